The molecule has 1 heterocycles. The second-order valence-electron chi connectivity index (χ2n) is 6.63. The van der Waals surface area contributed by atoms with Crippen LogP contribution in [0.2, 0.25) is 0 Å². The Balaban J connectivity index is 1.79. The molecule has 0 aliphatic carbocycles. The summed E-state index contributed by atoms with van der Waals surface area (Å²) in [6, 6.07) is 9.78. The van der Waals surface area contributed by atoms with Crippen molar-refractivity contribution >= 4 is 11.9 Å². The normalized spacial score (nSPS) is 15.8. The van der Waals surface area contributed by atoms with Gasteiger partial charge in [-0.25, -0.2) is 0 Å². The molecule has 0 atom stereocenters. The van der Waals surface area contributed by atoms with Gasteiger partial charge in [0.15, 0.2) is 5.78 Å². The number of phenolic OH excluding ortho intramolecular Hbond substituents is 2. The average molecular weight is 324 g/mol. The summed E-state index contributed by atoms with van der Waals surface area (Å²) >= 11 is 0. The molecular weight excluding hydrogens is 304 g/mol. The molecule has 24 heavy (non-hydrogen) atoms. The molecule has 1 aliphatic rings. The van der Waals surface area contributed by atoms with Crippen molar-refractivity contribution in [3.05, 3.63) is 59.2 Å². The highest BCUT2D eigenvalue weighted by Gasteiger charge is 2.26. The van der Waals surface area contributed by atoms with Crippen molar-refractivity contribution in [2.75, 3.05) is 0 Å². The summed E-state index contributed by atoms with van der Waals surface area (Å²) in [7, 11) is 0. The minimum Gasteiger partial charge on any atom is -0.508 e. The lowest BCUT2D eigenvalue weighted by Crippen LogP contribution is -2.32. The van der Waals surface area contributed by atoms with E-state index >= 15 is 0 Å². The molecule has 4 nitrogen and oxygen atoms in total. The topological polar surface area (TPSA) is 66.8 Å². The van der Waals surface area contributed by atoms with Gasteiger partial charge < -0.3 is 14.9 Å². The van der Waals surface area contributed by atoms with Crippen LogP contribution in [-0.4, -0.2) is 21.6 Å². The first-order valence-corrected chi connectivity index (χ1v) is 7.90. The van der Waals surface area contributed by atoms with Crippen molar-refractivity contribution in [2.24, 2.45) is 0 Å². The van der Waals surface area contributed by atoms with Crippen LogP contribution in [0.25, 0.3) is 6.08 Å². The maximum Gasteiger partial charge on any atom is 0.189 e. The van der Waals surface area contributed by atoms with Gasteiger partial charge in [0.2, 0.25) is 0 Å². The van der Waals surface area contributed by atoms with Gasteiger partial charge in [0.05, 0.1) is 5.56 Å². The molecule has 2 aromatic carbocycles. The number of aromatic hydroxyl groups is 2. The summed E-state index contributed by atoms with van der Waals surface area (Å²) in [5.74, 6) is 0.268. The average Bonchev–Trinajstić information content (AvgIpc) is 2.52. The fourth-order valence-electron chi connectivity index (χ4n) is 2.77. The van der Waals surface area contributed by atoms with E-state index in [1.54, 1.807) is 6.08 Å². The number of aryl methyl sites for hydroxylation is 1. The molecule has 2 aromatic rings. The van der Waals surface area contributed by atoms with Gasteiger partial charge in [-0.1, -0.05) is 12.1 Å². The zero-order chi connectivity index (χ0) is 17.3. The molecule has 4 heteroatoms. The van der Waals surface area contributed by atoms with Crippen molar-refractivity contribution in [2.45, 2.75) is 32.3 Å². The first-order chi connectivity index (χ1) is 11.3. The van der Waals surface area contributed by atoms with E-state index in [0.29, 0.717) is 0 Å². The van der Waals surface area contributed by atoms with Crippen LogP contribution in [0.4, 0.5) is 0 Å². The number of hydrogen-bond acceptors (Lipinski definition) is 4. The predicted octanol–water partition coefficient (Wildman–Crippen LogP) is 4.10. The number of allylic oxidation sites excluding steroid dienone is 1. The van der Waals surface area contributed by atoms with Crippen molar-refractivity contribution in [3.63, 3.8) is 0 Å². The molecule has 0 bridgehead atoms. The summed E-state index contributed by atoms with van der Waals surface area (Å²) in [5, 5.41) is 19.0. The fourth-order valence-corrected chi connectivity index (χ4v) is 2.77. The maximum absolute atomic E-state index is 12.2. The Kier molecular flexibility index (Phi) is 4.06. The van der Waals surface area contributed by atoms with Crippen LogP contribution in [0, 0.1) is 0 Å². The molecule has 0 saturated heterocycles. The molecule has 124 valence electrons. The number of phenols is 2. The van der Waals surface area contributed by atoms with Crippen molar-refractivity contribution in [3.8, 4) is 17.2 Å². The summed E-state index contributed by atoms with van der Waals surface area (Å²) in [6.45, 7) is 4.15. The predicted molar refractivity (Wildman–Crippen MR) is 92.6 cm³/mol. The summed E-state index contributed by atoms with van der Waals surface area (Å²) in [4.78, 5) is 12.2. The Bertz CT molecular complexity index is 818. The van der Waals surface area contributed by atoms with Gasteiger partial charge in [-0.05, 0) is 68.2 Å². The number of hydrogen-bond donors (Lipinski definition) is 2. The van der Waals surface area contributed by atoms with Crippen LogP contribution in [0.15, 0.2) is 42.5 Å². The molecule has 0 fully saturated rings. The third kappa shape index (κ3) is 3.43. The van der Waals surface area contributed by atoms with Crippen molar-refractivity contribution in [1.82, 2.24) is 0 Å². The molecule has 0 amide bonds. The highest BCUT2D eigenvalue weighted by molar-refractivity contribution is 6.08. The van der Waals surface area contributed by atoms with Crippen LogP contribution in [0.5, 0.6) is 17.2 Å². The Hall–Kier alpha value is -2.75. The third-order valence-electron chi connectivity index (χ3n) is 4.14. The van der Waals surface area contributed by atoms with Gasteiger partial charge in [-0.3, -0.25) is 4.79 Å². The van der Waals surface area contributed by atoms with Gasteiger partial charge in [0.1, 0.15) is 22.8 Å². The standard InChI is InChI=1S/C20H20O4/c1-20(2)10-9-14-11-13(4-8-19(14)24-20)3-7-17(22)16-6-5-15(21)12-18(16)23/h3-8,11-12,21,23H,9-10H2,1-2H3/b7-3+. The molecule has 0 radical (unpaired) electrons. The largest absolute Gasteiger partial charge is 0.508 e. The molecule has 0 spiro atoms. The molecule has 0 saturated carbocycles. The Morgan fingerprint density at radius 1 is 1.17 bits per heavy atom. The number of rotatable bonds is 3. The van der Waals surface area contributed by atoms with Crippen LogP contribution in [0.3, 0.4) is 0 Å². The number of ether oxygens (including phenoxy) is 1. The zero-order valence-corrected chi connectivity index (χ0v) is 13.7. The fraction of sp³-hybridized carbons (Fsp3) is 0.250. The van der Waals surface area contributed by atoms with Gasteiger partial charge in [-0.2, -0.15) is 0 Å². The lowest BCUT2D eigenvalue weighted by molar-refractivity contribution is 0.0847. The highest BCUT2D eigenvalue weighted by Crippen LogP contribution is 2.33. The van der Waals surface area contributed by atoms with E-state index in [9.17, 15) is 15.0 Å². The van der Waals surface area contributed by atoms with Gasteiger partial charge in [-0.15, -0.1) is 0 Å². The number of carbonyl (C=O) groups is 1. The molecular formula is C20H20O4. The van der Waals surface area contributed by atoms with Gasteiger partial charge in [0.25, 0.3) is 0 Å². The second kappa shape index (κ2) is 6.04. The number of carbonyl (C=O) groups excluding carboxylic acids is 1. The van der Waals surface area contributed by atoms with E-state index in [1.165, 1.54) is 18.2 Å². The highest BCUT2D eigenvalue weighted by atomic mass is 16.5. The van der Waals surface area contributed by atoms with Gasteiger partial charge >= 0.3 is 0 Å². The lowest BCUT2D eigenvalue weighted by Gasteiger charge is -2.32. The maximum atomic E-state index is 12.2. The monoisotopic (exact) mass is 324 g/mol. The van der Waals surface area contributed by atoms with Crippen LogP contribution in [-0.2, 0) is 6.42 Å². The Morgan fingerprint density at radius 3 is 2.71 bits per heavy atom. The van der Waals surface area contributed by atoms with E-state index in [1.807, 2.05) is 18.2 Å². The lowest BCUT2D eigenvalue weighted by atomic mass is 9.93. The molecule has 0 unspecified atom stereocenters. The van der Waals surface area contributed by atoms with E-state index < -0.39 is 0 Å². The SMILES string of the molecule is CC1(C)CCc2cc(/C=C/C(=O)c3ccc(O)cc3O)ccc2O1. The number of ketones is 1. The quantitative estimate of drug-likeness (QED) is 0.659. The Labute approximate surface area is 141 Å². The summed E-state index contributed by atoms with van der Waals surface area (Å²) < 4.78 is 5.95. The van der Waals surface area contributed by atoms with Crippen molar-refractivity contribution in [1.29, 1.82) is 0 Å². The first-order valence-electron chi connectivity index (χ1n) is 7.90. The minimum absolute atomic E-state index is 0.0781. The zero-order valence-electron chi connectivity index (χ0n) is 13.7. The molecule has 1 aliphatic heterocycles. The molecule has 0 aromatic heterocycles. The van der Waals surface area contributed by atoms with E-state index in [4.69, 9.17) is 4.74 Å². The van der Waals surface area contributed by atoms with Crippen LogP contribution < -0.4 is 4.74 Å². The third-order valence-corrected chi connectivity index (χ3v) is 4.14. The smallest absolute Gasteiger partial charge is 0.189 e. The molecule has 3 rings (SSSR count). The molecule has 2 N–H and O–H groups in total. The van der Waals surface area contributed by atoms with Crippen LogP contribution in [0.1, 0.15) is 41.8 Å². The number of benzene rings is 2. The van der Waals surface area contributed by atoms with Crippen LogP contribution >= 0.6 is 0 Å². The minimum atomic E-state index is -0.317. The first kappa shape index (κ1) is 16.1. The van der Waals surface area contributed by atoms with Crippen molar-refractivity contribution < 1.29 is 19.7 Å². The second-order valence-corrected chi connectivity index (χ2v) is 6.63. The van der Waals surface area contributed by atoms with E-state index in [0.717, 1.165) is 35.8 Å². The summed E-state index contributed by atoms with van der Waals surface area (Å²) in [5.41, 5.74) is 2.06. The van der Waals surface area contributed by atoms with Gasteiger partial charge in [0, 0.05) is 6.07 Å². The Morgan fingerprint density at radius 2 is 1.96 bits per heavy atom. The summed E-state index contributed by atoms with van der Waals surface area (Å²) in [6.07, 6.45) is 5.03. The van der Waals surface area contributed by atoms with E-state index in [-0.39, 0.29) is 28.4 Å². The number of fused-ring (bicyclic) bond motifs is 1. The van der Waals surface area contributed by atoms with E-state index in [2.05, 4.69) is 13.8 Å².